The highest BCUT2D eigenvalue weighted by Crippen LogP contribution is 2.26. The number of morpholine rings is 1. The lowest BCUT2D eigenvalue weighted by Crippen LogP contribution is -2.38. The van der Waals surface area contributed by atoms with E-state index in [9.17, 15) is 0 Å². The number of ether oxygens (including phenoxy) is 2. The Balaban J connectivity index is 1.95. The van der Waals surface area contributed by atoms with Crippen LogP contribution in [0.5, 0.6) is 5.75 Å². The second kappa shape index (κ2) is 7.46. The monoisotopic (exact) mass is 275 g/mol. The zero-order chi connectivity index (χ0) is 14.4. The molecule has 1 saturated heterocycles. The van der Waals surface area contributed by atoms with Crippen LogP contribution in [0.1, 0.15) is 16.7 Å². The molecule has 20 heavy (non-hydrogen) atoms. The SMILES string of the molecule is C=CCc1cc(C)cc(C)c1OCCN1CCOCC1. The summed E-state index contributed by atoms with van der Waals surface area (Å²) >= 11 is 0. The van der Waals surface area contributed by atoms with Gasteiger partial charge in [-0.25, -0.2) is 0 Å². The summed E-state index contributed by atoms with van der Waals surface area (Å²) in [5.41, 5.74) is 3.73. The fraction of sp³-hybridized carbons (Fsp3) is 0.529. The second-order valence-electron chi connectivity index (χ2n) is 5.37. The number of rotatable bonds is 6. The quantitative estimate of drug-likeness (QED) is 0.745. The largest absolute Gasteiger partial charge is 0.492 e. The Labute approximate surface area is 122 Å². The van der Waals surface area contributed by atoms with Crippen LogP contribution in [0.25, 0.3) is 0 Å². The van der Waals surface area contributed by atoms with Crippen molar-refractivity contribution in [3.63, 3.8) is 0 Å². The van der Waals surface area contributed by atoms with Crippen molar-refractivity contribution in [1.29, 1.82) is 0 Å². The van der Waals surface area contributed by atoms with Crippen LogP contribution in [0.3, 0.4) is 0 Å². The van der Waals surface area contributed by atoms with Gasteiger partial charge in [-0.15, -0.1) is 6.58 Å². The van der Waals surface area contributed by atoms with Crippen molar-refractivity contribution in [2.75, 3.05) is 39.5 Å². The Morgan fingerprint density at radius 3 is 2.75 bits per heavy atom. The minimum absolute atomic E-state index is 0.730. The summed E-state index contributed by atoms with van der Waals surface area (Å²) in [5, 5.41) is 0. The Bertz CT molecular complexity index is 451. The highest BCUT2D eigenvalue weighted by molar-refractivity contribution is 5.44. The molecule has 1 aromatic carbocycles. The molecule has 3 heteroatoms. The maximum Gasteiger partial charge on any atom is 0.125 e. The maximum absolute atomic E-state index is 6.05. The lowest BCUT2D eigenvalue weighted by molar-refractivity contribution is 0.0321. The van der Waals surface area contributed by atoms with Crippen molar-refractivity contribution in [1.82, 2.24) is 4.90 Å². The van der Waals surface area contributed by atoms with Crippen LogP contribution in [-0.4, -0.2) is 44.4 Å². The predicted octanol–water partition coefficient (Wildman–Crippen LogP) is 2.74. The lowest BCUT2D eigenvalue weighted by atomic mass is 10.0. The summed E-state index contributed by atoms with van der Waals surface area (Å²) in [6.07, 6.45) is 2.79. The minimum Gasteiger partial charge on any atom is -0.492 e. The van der Waals surface area contributed by atoms with Crippen LogP contribution in [0.4, 0.5) is 0 Å². The Kier molecular flexibility index (Phi) is 5.62. The van der Waals surface area contributed by atoms with E-state index in [4.69, 9.17) is 9.47 Å². The molecule has 2 rings (SSSR count). The summed E-state index contributed by atoms with van der Waals surface area (Å²) in [6.45, 7) is 13.5. The molecule has 1 aliphatic heterocycles. The zero-order valence-corrected chi connectivity index (χ0v) is 12.7. The Morgan fingerprint density at radius 2 is 2.05 bits per heavy atom. The first-order valence-corrected chi connectivity index (χ1v) is 7.34. The average molecular weight is 275 g/mol. The molecule has 0 bridgehead atoms. The molecule has 0 aliphatic carbocycles. The summed E-state index contributed by atoms with van der Waals surface area (Å²) in [4.78, 5) is 2.39. The third kappa shape index (κ3) is 4.09. The molecule has 0 unspecified atom stereocenters. The van der Waals surface area contributed by atoms with Gasteiger partial charge in [-0.3, -0.25) is 4.90 Å². The highest BCUT2D eigenvalue weighted by Gasteiger charge is 2.11. The Hall–Kier alpha value is -1.32. The molecular weight excluding hydrogens is 250 g/mol. The van der Waals surface area contributed by atoms with E-state index in [1.807, 2.05) is 6.08 Å². The van der Waals surface area contributed by atoms with Gasteiger partial charge in [0.15, 0.2) is 0 Å². The van der Waals surface area contributed by atoms with E-state index >= 15 is 0 Å². The number of aryl methyl sites for hydroxylation is 2. The van der Waals surface area contributed by atoms with E-state index in [1.54, 1.807) is 0 Å². The topological polar surface area (TPSA) is 21.7 Å². The van der Waals surface area contributed by atoms with Crippen molar-refractivity contribution in [2.45, 2.75) is 20.3 Å². The zero-order valence-electron chi connectivity index (χ0n) is 12.7. The highest BCUT2D eigenvalue weighted by atomic mass is 16.5. The van der Waals surface area contributed by atoms with Gasteiger partial charge in [0, 0.05) is 19.6 Å². The third-order valence-corrected chi connectivity index (χ3v) is 3.62. The molecule has 0 spiro atoms. The molecule has 0 radical (unpaired) electrons. The molecule has 1 heterocycles. The van der Waals surface area contributed by atoms with E-state index in [1.165, 1.54) is 16.7 Å². The fourth-order valence-electron chi connectivity index (χ4n) is 2.66. The lowest BCUT2D eigenvalue weighted by Gasteiger charge is -2.26. The maximum atomic E-state index is 6.05. The van der Waals surface area contributed by atoms with Crippen LogP contribution in [-0.2, 0) is 11.2 Å². The first-order chi connectivity index (χ1) is 9.70. The minimum atomic E-state index is 0.730. The van der Waals surface area contributed by atoms with Gasteiger partial charge in [0.1, 0.15) is 12.4 Å². The summed E-state index contributed by atoms with van der Waals surface area (Å²) in [7, 11) is 0. The van der Waals surface area contributed by atoms with Crippen LogP contribution in [0.2, 0.25) is 0 Å². The molecule has 0 saturated carbocycles. The molecule has 0 N–H and O–H groups in total. The van der Waals surface area contributed by atoms with E-state index in [2.05, 4.69) is 37.5 Å². The number of allylic oxidation sites excluding steroid dienone is 1. The molecule has 110 valence electrons. The molecule has 1 aliphatic rings. The number of benzene rings is 1. The van der Waals surface area contributed by atoms with Gasteiger partial charge in [-0.2, -0.15) is 0 Å². The van der Waals surface area contributed by atoms with Gasteiger partial charge in [0.05, 0.1) is 13.2 Å². The van der Waals surface area contributed by atoms with Crippen LogP contribution < -0.4 is 4.74 Å². The van der Waals surface area contributed by atoms with E-state index in [-0.39, 0.29) is 0 Å². The van der Waals surface area contributed by atoms with E-state index in [0.717, 1.165) is 51.6 Å². The molecule has 1 fully saturated rings. The molecule has 3 nitrogen and oxygen atoms in total. The number of nitrogens with zero attached hydrogens (tertiary/aromatic N) is 1. The van der Waals surface area contributed by atoms with Gasteiger partial charge in [-0.1, -0.05) is 23.8 Å². The molecule has 0 amide bonds. The predicted molar refractivity (Wildman–Crippen MR) is 82.6 cm³/mol. The second-order valence-corrected chi connectivity index (χ2v) is 5.37. The van der Waals surface area contributed by atoms with Crippen LogP contribution >= 0.6 is 0 Å². The smallest absolute Gasteiger partial charge is 0.125 e. The first kappa shape index (κ1) is 15.1. The van der Waals surface area contributed by atoms with Crippen molar-refractivity contribution in [2.24, 2.45) is 0 Å². The normalized spacial score (nSPS) is 16.1. The van der Waals surface area contributed by atoms with Crippen molar-refractivity contribution < 1.29 is 9.47 Å². The van der Waals surface area contributed by atoms with Crippen LogP contribution in [0.15, 0.2) is 24.8 Å². The number of hydrogen-bond donors (Lipinski definition) is 0. The molecule has 0 atom stereocenters. The van der Waals surface area contributed by atoms with Gasteiger partial charge in [0.2, 0.25) is 0 Å². The number of hydrogen-bond acceptors (Lipinski definition) is 3. The molecule has 0 aromatic heterocycles. The van der Waals surface area contributed by atoms with Gasteiger partial charge < -0.3 is 9.47 Å². The summed E-state index contributed by atoms with van der Waals surface area (Å²) in [6, 6.07) is 4.37. The average Bonchev–Trinajstić information content (AvgIpc) is 2.43. The van der Waals surface area contributed by atoms with Crippen LogP contribution in [0, 0.1) is 13.8 Å². The van der Waals surface area contributed by atoms with Crippen molar-refractivity contribution in [3.05, 3.63) is 41.5 Å². The first-order valence-electron chi connectivity index (χ1n) is 7.34. The Morgan fingerprint density at radius 1 is 1.30 bits per heavy atom. The molecular formula is C17H25NO2. The van der Waals surface area contributed by atoms with E-state index < -0.39 is 0 Å². The van der Waals surface area contributed by atoms with Gasteiger partial charge in [0.25, 0.3) is 0 Å². The van der Waals surface area contributed by atoms with Gasteiger partial charge >= 0.3 is 0 Å². The van der Waals surface area contributed by atoms with Gasteiger partial charge in [-0.05, 0) is 31.4 Å². The van der Waals surface area contributed by atoms with Crippen molar-refractivity contribution in [3.8, 4) is 5.75 Å². The molecule has 1 aromatic rings. The van der Waals surface area contributed by atoms with Crippen molar-refractivity contribution >= 4 is 0 Å². The third-order valence-electron chi connectivity index (χ3n) is 3.62. The fourth-order valence-corrected chi connectivity index (χ4v) is 2.66. The standard InChI is InChI=1S/C17H25NO2/c1-4-5-16-13-14(2)12-15(3)17(16)20-11-8-18-6-9-19-10-7-18/h4,12-13H,1,5-11H2,2-3H3. The summed E-state index contributed by atoms with van der Waals surface area (Å²) < 4.78 is 11.4. The summed E-state index contributed by atoms with van der Waals surface area (Å²) in [5.74, 6) is 1.03. The van der Waals surface area contributed by atoms with E-state index in [0.29, 0.717) is 0 Å².